The summed E-state index contributed by atoms with van der Waals surface area (Å²) < 4.78 is 76.5. The number of amides is 1. The Labute approximate surface area is 249 Å². The summed E-state index contributed by atoms with van der Waals surface area (Å²) in [6, 6.07) is 6.04. The molecule has 13 heteroatoms. The molecule has 0 spiro atoms. The van der Waals surface area contributed by atoms with Crippen molar-refractivity contribution in [2.75, 3.05) is 24.5 Å². The van der Waals surface area contributed by atoms with E-state index in [2.05, 4.69) is 4.98 Å². The Kier molecular flexibility index (Phi) is 9.31. The van der Waals surface area contributed by atoms with Crippen LogP contribution >= 0.6 is 11.3 Å². The maximum absolute atomic E-state index is 15.8. The van der Waals surface area contributed by atoms with Crippen molar-refractivity contribution in [2.45, 2.75) is 70.6 Å². The van der Waals surface area contributed by atoms with E-state index in [4.69, 9.17) is 14.2 Å². The fourth-order valence-corrected chi connectivity index (χ4v) is 6.96. The normalized spacial score (nSPS) is 14.5. The number of carbonyl (C=O) groups excluding carboxylic acids is 1. The average molecular weight is 624 g/mol. The van der Waals surface area contributed by atoms with Crippen LogP contribution in [0.3, 0.4) is 0 Å². The predicted octanol–water partition coefficient (Wildman–Crippen LogP) is 6.22. The molecule has 0 radical (unpaired) electrons. The SMILES string of the molecule is COc1ccc(CN(c2nccs2)S(=O)(=O)c2c(F)cc(OC3CCN(C(=O)OC(C)(C)C)CC3)c(C)c2F)c(C)c1. The van der Waals surface area contributed by atoms with Crippen molar-refractivity contribution < 1.29 is 36.2 Å². The molecule has 1 aliphatic heterocycles. The number of benzene rings is 2. The average Bonchev–Trinajstić information content (AvgIpc) is 3.44. The van der Waals surface area contributed by atoms with Gasteiger partial charge in [-0.25, -0.2) is 31.3 Å². The van der Waals surface area contributed by atoms with Crippen molar-refractivity contribution in [3.05, 3.63) is 64.2 Å². The number of sulfonamides is 1. The summed E-state index contributed by atoms with van der Waals surface area (Å²) in [7, 11) is -3.21. The summed E-state index contributed by atoms with van der Waals surface area (Å²) in [6.45, 7) is 9.00. The number of methoxy groups -OCH3 is 1. The summed E-state index contributed by atoms with van der Waals surface area (Å²) in [5.41, 5.74) is 0.597. The standard InChI is InChI=1S/C29H35F2N3O6S2/c1-18-15-22(38-6)8-7-20(18)17-34(27-32-11-14-41-27)42(36,37)26-23(30)16-24(19(2)25(26)31)39-21-9-12-33(13-10-21)28(35)40-29(3,4)5/h7-8,11,14-16,21H,9-10,12-13,17H2,1-6H3. The molecular formula is C29H35F2N3O6S2. The lowest BCUT2D eigenvalue weighted by Crippen LogP contribution is -2.44. The Morgan fingerprint density at radius 3 is 2.43 bits per heavy atom. The molecule has 0 N–H and O–H groups in total. The molecule has 228 valence electrons. The third-order valence-electron chi connectivity index (χ3n) is 6.80. The first-order valence-electron chi connectivity index (χ1n) is 13.4. The summed E-state index contributed by atoms with van der Waals surface area (Å²) in [5.74, 6) is -2.00. The van der Waals surface area contributed by atoms with Gasteiger partial charge < -0.3 is 19.1 Å². The third-order valence-corrected chi connectivity index (χ3v) is 9.49. The van der Waals surface area contributed by atoms with Gasteiger partial charge in [-0.2, -0.15) is 0 Å². The van der Waals surface area contributed by atoms with Gasteiger partial charge in [-0.05, 0) is 57.9 Å². The minimum atomic E-state index is -4.73. The molecule has 4 rings (SSSR count). The van der Waals surface area contributed by atoms with E-state index < -0.39 is 44.4 Å². The van der Waals surface area contributed by atoms with Crippen molar-refractivity contribution in [1.82, 2.24) is 9.88 Å². The van der Waals surface area contributed by atoms with Crippen molar-refractivity contribution in [3.8, 4) is 11.5 Å². The van der Waals surface area contributed by atoms with Crippen molar-refractivity contribution in [2.24, 2.45) is 0 Å². The maximum Gasteiger partial charge on any atom is 0.410 e. The number of piperidine rings is 1. The topological polar surface area (TPSA) is 98.3 Å². The van der Waals surface area contributed by atoms with Crippen molar-refractivity contribution >= 4 is 32.6 Å². The van der Waals surface area contributed by atoms with E-state index in [-0.39, 0.29) is 23.0 Å². The van der Waals surface area contributed by atoms with E-state index in [0.29, 0.717) is 37.2 Å². The molecule has 2 aromatic carbocycles. The number of aryl methyl sites for hydroxylation is 1. The molecule has 1 fully saturated rings. The molecular weight excluding hydrogens is 588 g/mol. The molecule has 1 aliphatic rings. The maximum atomic E-state index is 15.8. The second-order valence-corrected chi connectivity index (χ2v) is 13.7. The minimum Gasteiger partial charge on any atom is -0.497 e. The number of hydrogen-bond acceptors (Lipinski definition) is 8. The number of rotatable bonds is 8. The highest BCUT2D eigenvalue weighted by atomic mass is 32.2. The highest BCUT2D eigenvalue weighted by Crippen LogP contribution is 2.36. The molecule has 0 atom stereocenters. The van der Waals surface area contributed by atoms with Gasteiger partial charge in [0.05, 0.1) is 13.7 Å². The summed E-state index contributed by atoms with van der Waals surface area (Å²) >= 11 is 1.04. The van der Waals surface area contributed by atoms with Crippen LogP contribution in [0.5, 0.6) is 11.5 Å². The minimum absolute atomic E-state index is 0.0683. The molecule has 1 amide bonds. The summed E-state index contributed by atoms with van der Waals surface area (Å²) in [4.78, 5) is 17.0. The van der Waals surface area contributed by atoms with Gasteiger partial charge in [0.2, 0.25) is 0 Å². The second kappa shape index (κ2) is 12.4. The van der Waals surface area contributed by atoms with E-state index in [0.717, 1.165) is 27.3 Å². The molecule has 1 saturated heterocycles. The fraction of sp³-hybridized carbons (Fsp3) is 0.448. The second-order valence-electron chi connectivity index (χ2n) is 11.0. The van der Waals surface area contributed by atoms with Crippen molar-refractivity contribution in [1.29, 1.82) is 0 Å². The first kappa shape index (κ1) is 31.5. The summed E-state index contributed by atoms with van der Waals surface area (Å²) in [6.07, 6.45) is 1.40. The number of hydrogen-bond donors (Lipinski definition) is 0. The van der Waals surface area contributed by atoms with Gasteiger partial charge in [-0.15, -0.1) is 11.3 Å². The zero-order valence-corrected chi connectivity index (χ0v) is 26.1. The molecule has 2 heterocycles. The van der Waals surface area contributed by atoms with E-state index in [1.807, 2.05) is 0 Å². The highest BCUT2D eigenvalue weighted by Gasteiger charge is 2.36. The van der Waals surface area contributed by atoms with Crippen LogP contribution in [-0.2, 0) is 21.3 Å². The van der Waals surface area contributed by atoms with Crippen LogP contribution < -0.4 is 13.8 Å². The van der Waals surface area contributed by atoms with Gasteiger partial charge in [-0.3, -0.25) is 0 Å². The number of nitrogens with zero attached hydrogens (tertiary/aromatic N) is 3. The monoisotopic (exact) mass is 623 g/mol. The molecule has 0 unspecified atom stereocenters. The van der Waals surface area contributed by atoms with Gasteiger partial charge in [0.25, 0.3) is 10.0 Å². The zero-order chi connectivity index (χ0) is 30.8. The van der Waals surface area contributed by atoms with Gasteiger partial charge in [0.15, 0.2) is 15.8 Å². The number of carbonyl (C=O) groups is 1. The molecule has 1 aromatic heterocycles. The highest BCUT2D eigenvalue weighted by molar-refractivity contribution is 7.93. The van der Waals surface area contributed by atoms with Crippen LogP contribution in [0.15, 0.2) is 40.7 Å². The Morgan fingerprint density at radius 2 is 1.86 bits per heavy atom. The Hall–Kier alpha value is -3.45. The Bertz CT molecular complexity index is 1530. The molecule has 3 aromatic rings. The van der Waals surface area contributed by atoms with Crippen LogP contribution in [-0.4, -0.2) is 56.3 Å². The van der Waals surface area contributed by atoms with E-state index in [1.165, 1.54) is 20.2 Å². The smallest absolute Gasteiger partial charge is 0.410 e. The number of aromatic nitrogens is 1. The molecule has 0 saturated carbocycles. The number of thiazole rings is 1. The van der Waals surface area contributed by atoms with Crippen molar-refractivity contribution in [3.63, 3.8) is 0 Å². The first-order valence-corrected chi connectivity index (χ1v) is 15.7. The molecule has 42 heavy (non-hydrogen) atoms. The largest absolute Gasteiger partial charge is 0.497 e. The van der Waals surface area contributed by atoms with Gasteiger partial charge in [0, 0.05) is 49.1 Å². The van der Waals surface area contributed by atoms with Crippen LogP contribution in [0, 0.1) is 25.5 Å². The Balaban J connectivity index is 1.58. The third kappa shape index (κ3) is 6.95. The van der Waals surface area contributed by atoms with Gasteiger partial charge in [-0.1, -0.05) is 6.07 Å². The molecule has 0 aliphatic carbocycles. The van der Waals surface area contributed by atoms with E-state index in [1.54, 1.807) is 56.2 Å². The first-order chi connectivity index (χ1) is 19.7. The van der Waals surface area contributed by atoms with Crippen LogP contribution in [0.2, 0.25) is 0 Å². The number of likely N-dealkylation sites (tertiary alicyclic amines) is 1. The van der Waals surface area contributed by atoms with Crippen LogP contribution in [0.25, 0.3) is 0 Å². The molecule has 0 bridgehead atoms. The summed E-state index contributed by atoms with van der Waals surface area (Å²) in [5, 5.41) is 1.65. The lowest BCUT2D eigenvalue weighted by atomic mass is 10.1. The quantitative estimate of drug-likeness (QED) is 0.294. The number of halogens is 2. The predicted molar refractivity (Wildman–Crippen MR) is 156 cm³/mol. The van der Waals surface area contributed by atoms with Crippen LogP contribution in [0.4, 0.5) is 18.7 Å². The van der Waals surface area contributed by atoms with Gasteiger partial charge >= 0.3 is 6.09 Å². The van der Waals surface area contributed by atoms with E-state index >= 15 is 8.78 Å². The van der Waals surface area contributed by atoms with E-state index in [9.17, 15) is 13.2 Å². The Morgan fingerprint density at radius 1 is 1.17 bits per heavy atom. The van der Waals surface area contributed by atoms with Crippen LogP contribution in [0.1, 0.15) is 50.3 Å². The lowest BCUT2D eigenvalue weighted by molar-refractivity contribution is 0.0125. The zero-order valence-electron chi connectivity index (χ0n) is 24.4. The number of anilines is 1. The number of ether oxygens (including phenoxy) is 3. The fourth-order valence-electron chi connectivity index (χ4n) is 4.53. The lowest BCUT2D eigenvalue weighted by Gasteiger charge is -2.33. The van der Waals surface area contributed by atoms with Gasteiger partial charge in [0.1, 0.15) is 29.0 Å². The molecule has 9 nitrogen and oxygen atoms in total.